The average molecular weight is 579 g/mol. The van der Waals surface area contributed by atoms with Crippen molar-refractivity contribution in [1.82, 2.24) is 19.9 Å². The first-order chi connectivity index (χ1) is 20.2. The number of rotatable bonds is 6. The van der Waals surface area contributed by atoms with Gasteiger partial charge < -0.3 is 9.80 Å². The fraction of sp³-hybridized carbons (Fsp3) is 0.323. The molecule has 218 valence electrons. The van der Waals surface area contributed by atoms with Crippen molar-refractivity contribution in [3.8, 4) is 0 Å². The van der Waals surface area contributed by atoms with Gasteiger partial charge in [-0.15, -0.1) is 5.10 Å². The van der Waals surface area contributed by atoms with E-state index in [0.717, 1.165) is 17.2 Å². The second-order valence-corrected chi connectivity index (χ2v) is 10.8. The molecule has 7 nitrogen and oxygen atoms in total. The zero-order valence-corrected chi connectivity index (χ0v) is 23.1. The normalized spacial score (nSPS) is 16.2. The van der Waals surface area contributed by atoms with E-state index in [-0.39, 0.29) is 30.5 Å². The van der Waals surface area contributed by atoms with Crippen molar-refractivity contribution < 1.29 is 22.4 Å². The molecule has 0 bridgehead atoms. The lowest BCUT2D eigenvalue weighted by molar-refractivity contribution is -0.138. The number of amides is 2. The number of carbonyl (C=O) groups is 1. The van der Waals surface area contributed by atoms with Crippen LogP contribution in [0, 0.1) is 12.7 Å². The van der Waals surface area contributed by atoms with Crippen molar-refractivity contribution >= 4 is 17.5 Å². The number of aromatic nitrogens is 3. The SMILES string of the molecule is Cc1cccc(F)c1N1CCC(N2Cc3nnn(Cc4ccccc4)c3N(Cc3ccccc3C(F)(F)F)C2=O)CC1. The van der Waals surface area contributed by atoms with Crippen LogP contribution in [0.15, 0.2) is 72.8 Å². The maximum Gasteiger partial charge on any atom is 0.416 e. The number of para-hydroxylation sites is 1. The molecule has 3 aromatic carbocycles. The number of halogens is 4. The zero-order valence-electron chi connectivity index (χ0n) is 23.1. The van der Waals surface area contributed by atoms with Crippen molar-refractivity contribution in [3.05, 3.63) is 107 Å². The van der Waals surface area contributed by atoms with Crippen LogP contribution in [-0.4, -0.2) is 45.1 Å². The molecule has 2 aliphatic rings. The van der Waals surface area contributed by atoms with E-state index >= 15 is 0 Å². The van der Waals surface area contributed by atoms with Crippen molar-refractivity contribution in [1.29, 1.82) is 0 Å². The van der Waals surface area contributed by atoms with Crippen molar-refractivity contribution in [2.45, 2.75) is 51.6 Å². The van der Waals surface area contributed by atoms with Crippen LogP contribution in [0.5, 0.6) is 0 Å². The molecule has 4 aromatic rings. The number of piperidine rings is 1. The topological polar surface area (TPSA) is 57.5 Å². The van der Waals surface area contributed by atoms with E-state index in [9.17, 15) is 22.4 Å². The lowest BCUT2D eigenvalue weighted by Gasteiger charge is -2.43. The zero-order chi connectivity index (χ0) is 29.4. The minimum absolute atomic E-state index is 0.0107. The van der Waals surface area contributed by atoms with Gasteiger partial charge in [0.05, 0.1) is 30.9 Å². The number of hydrogen-bond donors (Lipinski definition) is 0. The summed E-state index contributed by atoms with van der Waals surface area (Å²) in [5.41, 5.74) is 2.07. The minimum Gasteiger partial charge on any atom is -0.369 e. The lowest BCUT2D eigenvalue weighted by atomic mass is 10.00. The molecule has 0 saturated carbocycles. The summed E-state index contributed by atoms with van der Waals surface area (Å²) in [6.07, 6.45) is -3.40. The third-order valence-corrected chi connectivity index (χ3v) is 8.06. The molecule has 0 N–H and O–H groups in total. The summed E-state index contributed by atoms with van der Waals surface area (Å²) in [5, 5.41) is 8.69. The first-order valence-corrected chi connectivity index (χ1v) is 13.9. The van der Waals surface area contributed by atoms with Gasteiger partial charge in [0, 0.05) is 19.1 Å². The molecule has 0 unspecified atom stereocenters. The standard InChI is InChI=1S/C31H30F4N6O/c1-21-8-7-13-26(32)28(21)38-16-14-24(15-17-38)39-20-27-29(41(37-36-27)18-22-9-3-2-4-10-22)40(30(39)42)19-23-11-5-6-12-25(23)31(33,34)35/h2-13,24H,14-20H2,1H3. The summed E-state index contributed by atoms with van der Waals surface area (Å²) in [6.45, 7) is 3.18. The quantitative estimate of drug-likeness (QED) is 0.249. The molecule has 2 amide bonds. The van der Waals surface area contributed by atoms with Crippen LogP contribution in [0.1, 0.15) is 40.8 Å². The number of aryl methyl sites for hydroxylation is 1. The molecule has 42 heavy (non-hydrogen) atoms. The highest BCUT2D eigenvalue weighted by Gasteiger charge is 2.41. The van der Waals surface area contributed by atoms with Crippen LogP contribution in [0.4, 0.5) is 33.9 Å². The average Bonchev–Trinajstić information content (AvgIpc) is 3.37. The van der Waals surface area contributed by atoms with Crippen LogP contribution in [0.3, 0.4) is 0 Å². The number of fused-ring (bicyclic) bond motifs is 1. The molecule has 1 aromatic heterocycles. The number of urea groups is 1. The molecule has 0 radical (unpaired) electrons. The van der Waals surface area contributed by atoms with Crippen molar-refractivity contribution in [2.75, 3.05) is 22.9 Å². The second kappa shape index (κ2) is 11.1. The fourth-order valence-electron chi connectivity index (χ4n) is 6.04. The number of benzene rings is 3. The predicted octanol–water partition coefficient (Wildman–Crippen LogP) is 6.40. The fourth-order valence-corrected chi connectivity index (χ4v) is 6.04. The van der Waals surface area contributed by atoms with Gasteiger partial charge in [-0.25, -0.2) is 13.9 Å². The Bertz CT molecular complexity index is 1560. The van der Waals surface area contributed by atoms with E-state index in [0.29, 0.717) is 49.7 Å². The minimum atomic E-state index is -4.57. The summed E-state index contributed by atoms with van der Waals surface area (Å²) < 4.78 is 58.0. The molecule has 2 aliphatic heterocycles. The highest BCUT2D eigenvalue weighted by Crippen LogP contribution is 2.37. The Hall–Kier alpha value is -4.41. The summed E-state index contributed by atoms with van der Waals surface area (Å²) in [7, 11) is 0. The smallest absolute Gasteiger partial charge is 0.369 e. The Balaban J connectivity index is 1.31. The van der Waals surface area contributed by atoms with Crippen molar-refractivity contribution in [2.24, 2.45) is 0 Å². The van der Waals surface area contributed by atoms with Gasteiger partial charge in [0.25, 0.3) is 0 Å². The molecule has 0 spiro atoms. The molecule has 3 heterocycles. The summed E-state index contributed by atoms with van der Waals surface area (Å²) in [4.78, 5) is 19.2. The number of nitrogens with zero attached hydrogens (tertiary/aromatic N) is 6. The number of carbonyl (C=O) groups excluding carboxylic acids is 1. The maximum absolute atomic E-state index is 14.6. The molecule has 1 saturated heterocycles. The number of alkyl halides is 3. The van der Waals surface area contributed by atoms with E-state index < -0.39 is 17.8 Å². The van der Waals surface area contributed by atoms with E-state index in [2.05, 4.69) is 10.3 Å². The van der Waals surface area contributed by atoms with Crippen LogP contribution < -0.4 is 9.80 Å². The summed E-state index contributed by atoms with van der Waals surface area (Å²) >= 11 is 0. The Morgan fingerprint density at radius 3 is 2.33 bits per heavy atom. The van der Waals surface area contributed by atoms with Gasteiger partial charge in [0.1, 0.15) is 11.5 Å². The van der Waals surface area contributed by atoms with Crippen LogP contribution in [-0.2, 0) is 25.8 Å². The van der Waals surface area contributed by atoms with E-state index in [1.54, 1.807) is 15.6 Å². The van der Waals surface area contributed by atoms with Gasteiger partial charge in [-0.1, -0.05) is 65.9 Å². The summed E-state index contributed by atoms with van der Waals surface area (Å²) in [5.74, 6) is 0.119. The molecule has 1 fully saturated rings. The summed E-state index contributed by atoms with van der Waals surface area (Å²) in [6, 6.07) is 19.2. The number of anilines is 2. The maximum atomic E-state index is 14.6. The molecule has 0 atom stereocenters. The molecule has 0 aliphatic carbocycles. The molecule has 11 heteroatoms. The molecule has 6 rings (SSSR count). The van der Waals surface area contributed by atoms with E-state index in [1.165, 1.54) is 29.2 Å². The molecular weight excluding hydrogens is 548 g/mol. The molecular formula is C31H30F4N6O. The van der Waals surface area contributed by atoms with Crippen LogP contribution in [0.2, 0.25) is 0 Å². The first kappa shape index (κ1) is 27.7. The Labute approximate surface area is 241 Å². The van der Waals surface area contributed by atoms with Crippen LogP contribution >= 0.6 is 0 Å². The van der Waals surface area contributed by atoms with E-state index in [4.69, 9.17) is 0 Å². The van der Waals surface area contributed by atoms with Gasteiger partial charge in [-0.3, -0.25) is 4.90 Å². The Morgan fingerprint density at radius 2 is 1.62 bits per heavy atom. The third-order valence-electron chi connectivity index (χ3n) is 8.06. The first-order valence-electron chi connectivity index (χ1n) is 13.9. The third kappa shape index (κ3) is 5.31. The van der Waals surface area contributed by atoms with Crippen molar-refractivity contribution in [3.63, 3.8) is 0 Å². The van der Waals surface area contributed by atoms with Gasteiger partial charge in [0.15, 0.2) is 5.82 Å². The van der Waals surface area contributed by atoms with Gasteiger partial charge >= 0.3 is 12.2 Å². The van der Waals surface area contributed by atoms with Gasteiger partial charge in [-0.2, -0.15) is 13.2 Å². The monoisotopic (exact) mass is 578 g/mol. The highest BCUT2D eigenvalue weighted by atomic mass is 19.4. The van der Waals surface area contributed by atoms with Gasteiger partial charge in [0.2, 0.25) is 0 Å². The van der Waals surface area contributed by atoms with Gasteiger partial charge in [-0.05, 0) is 48.6 Å². The Morgan fingerprint density at radius 1 is 0.905 bits per heavy atom. The second-order valence-electron chi connectivity index (χ2n) is 10.8. The highest BCUT2D eigenvalue weighted by molar-refractivity contribution is 5.93. The predicted molar refractivity (Wildman–Crippen MR) is 151 cm³/mol. The lowest BCUT2D eigenvalue weighted by Crippen LogP contribution is -2.54. The largest absolute Gasteiger partial charge is 0.416 e. The van der Waals surface area contributed by atoms with E-state index in [1.807, 2.05) is 48.2 Å². The van der Waals surface area contributed by atoms with Crippen LogP contribution in [0.25, 0.3) is 0 Å². The number of hydrogen-bond acceptors (Lipinski definition) is 4. The Kier molecular flexibility index (Phi) is 7.34.